The Morgan fingerprint density at radius 1 is 1.80 bits per heavy atom. The van der Waals surface area contributed by atoms with E-state index in [1.807, 2.05) is 7.05 Å². The van der Waals surface area contributed by atoms with Gasteiger partial charge in [0, 0.05) is 18.2 Å². The highest BCUT2D eigenvalue weighted by Gasteiger charge is 2.19. The Morgan fingerprint density at radius 3 is 3.00 bits per heavy atom. The van der Waals surface area contributed by atoms with Crippen molar-refractivity contribution in [3.05, 3.63) is 12.3 Å². The lowest BCUT2D eigenvalue weighted by Gasteiger charge is -2.23. The van der Waals surface area contributed by atoms with Gasteiger partial charge in [0.1, 0.15) is 0 Å². The van der Waals surface area contributed by atoms with E-state index >= 15 is 0 Å². The van der Waals surface area contributed by atoms with Crippen molar-refractivity contribution in [3.8, 4) is 0 Å². The van der Waals surface area contributed by atoms with Crippen molar-refractivity contribution >= 4 is 5.91 Å². The van der Waals surface area contributed by atoms with E-state index in [1.165, 1.54) is 0 Å². The number of carbonyl (C=O) groups excluding carboxylic acids is 1. The second kappa shape index (κ2) is 2.84. The third-order valence-electron chi connectivity index (χ3n) is 1.73. The lowest BCUT2D eigenvalue weighted by Crippen LogP contribution is -2.41. The Kier molecular flexibility index (Phi) is 2.06. The van der Waals surface area contributed by atoms with E-state index in [4.69, 9.17) is 0 Å². The van der Waals surface area contributed by atoms with Crippen LogP contribution in [0.25, 0.3) is 0 Å². The molecule has 0 radical (unpaired) electrons. The van der Waals surface area contributed by atoms with Gasteiger partial charge in [0.05, 0.1) is 0 Å². The largest absolute Gasteiger partial charge is 0.329 e. The summed E-state index contributed by atoms with van der Waals surface area (Å²) in [5.74, 6) is 0.0801. The van der Waals surface area contributed by atoms with Crippen molar-refractivity contribution in [3.63, 3.8) is 0 Å². The molecule has 1 atom stereocenters. The first-order valence-electron chi connectivity index (χ1n) is 3.40. The fourth-order valence-electron chi connectivity index (χ4n) is 1.10. The molecule has 1 fully saturated rings. The molecule has 1 amide bonds. The molecule has 3 nitrogen and oxygen atoms in total. The molecule has 1 aliphatic rings. The first-order chi connectivity index (χ1) is 4.74. The zero-order valence-electron chi connectivity index (χ0n) is 6.11. The van der Waals surface area contributed by atoms with Gasteiger partial charge in [0.2, 0.25) is 5.91 Å². The van der Waals surface area contributed by atoms with Crippen LogP contribution in [-0.4, -0.2) is 19.0 Å². The summed E-state index contributed by atoms with van der Waals surface area (Å²) in [4.78, 5) is 10.7. The normalized spacial score (nSPS) is 26.3. The highest BCUT2D eigenvalue weighted by molar-refractivity contribution is 5.79. The molecule has 0 aromatic heterocycles. The molecule has 1 rings (SSSR count). The molecule has 0 spiro atoms. The minimum atomic E-state index is 0.0801. The number of hydrogen-bond donors (Lipinski definition) is 2. The van der Waals surface area contributed by atoms with Gasteiger partial charge in [-0.3, -0.25) is 4.79 Å². The van der Waals surface area contributed by atoms with E-state index in [2.05, 4.69) is 17.2 Å². The minimum Gasteiger partial charge on any atom is -0.329 e. The number of amides is 1. The first-order valence-corrected chi connectivity index (χ1v) is 3.40. The summed E-state index contributed by atoms with van der Waals surface area (Å²) in [5, 5.41) is 5.74. The smallest absolute Gasteiger partial charge is 0.224 e. The predicted molar refractivity (Wildman–Crippen MR) is 39.4 cm³/mol. The summed E-state index contributed by atoms with van der Waals surface area (Å²) in [6.07, 6.45) is 1.46. The highest BCUT2D eigenvalue weighted by Crippen LogP contribution is 2.09. The van der Waals surface area contributed by atoms with Crippen molar-refractivity contribution in [2.75, 3.05) is 7.05 Å². The molecule has 10 heavy (non-hydrogen) atoms. The molecule has 1 saturated heterocycles. The predicted octanol–water partition coefficient (Wildman–Crippen LogP) is -0.00190. The van der Waals surface area contributed by atoms with Crippen LogP contribution >= 0.6 is 0 Å². The minimum absolute atomic E-state index is 0.0801. The molecule has 0 saturated carbocycles. The Hall–Kier alpha value is -0.830. The SMILES string of the molecule is C=C1NC(=O)CCC1NC. The molecular weight excluding hydrogens is 128 g/mol. The van der Waals surface area contributed by atoms with Gasteiger partial charge in [0.15, 0.2) is 0 Å². The summed E-state index contributed by atoms with van der Waals surface area (Å²) >= 11 is 0. The lowest BCUT2D eigenvalue weighted by atomic mass is 10.0. The lowest BCUT2D eigenvalue weighted by molar-refractivity contribution is -0.121. The van der Waals surface area contributed by atoms with E-state index in [1.54, 1.807) is 0 Å². The zero-order valence-corrected chi connectivity index (χ0v) is 6.11. The third-order valence-corrected chi connectivity index (χ3v) is 1.73. The molecule has 56 valence electrons. The van der Waals surface area contributed by atoms with Crippen LogP contribution in [0.5, 0.6) is 0 Å². The van der Waals surface area contributed by atoms with Crippen molar-refractivity contribution in [1.29, 1.82) is 0 Å². The second-order valence-corrected chi connectivity index (χ2v) is 2.45. The van der Waals surface area contributed by atoms with Crippen LogP contribution in [0.15, 0.2) is 12.3 Å². The van der Waals surface area contributed by atoms with Crippen LogP contribution in [0.1, 0.15) is 12.8 Å². The van der Waals surface area contributed by atoms with Gasteiger partial charge in [-0.25, -0.2) is 0 Å². The van der Waals surface area contributed by atoms with Gasteiger partial charge in [-0.15, -0.1) is 0 Å². The Balaban J connectivity index is 2.51. The molecule has 1 heterocycles. The molecule has 0 aliphatic carbocycles. The van der Waals surface area contributed by atoms with Gasteiger partial charge in [-0.05, 0) is 13.5 Å². The Labute approximate surface area is 60.5 Å². The van der Waals surface area contributed by atoms with Crippen molar-refractivity contribution < 1.29 is 4.79 Å². The molecule has 0 aromatic carbocycles. The quantitative estimate of drug-likeness (QED) is 0.538. The number of nitrogens with one attached hydrogen (secondary N) is 2. The average molecular weight is 140 g/mol. The molecule has 0 bridgehead atoms. The van der Waals surface area contributed by atoms with E-state index in [0.717, 1.165) is 12.1 Å². The monoisotopic (exact) mass is 140 g/mol. The number of rotatable bonds is 1. The summed E-state index contributed by atoms with van der Waals surface area (Å²) in [5.41, 5.74) is 0.791. The van der Waals surface area contributed by atoms with E-state index in [0.29, 0.717) is 6.42 Å². The molecule has 1 unspecified atom stereocenters. The summed E-state index contributed by atoms with van der Waals surface area (Å²) in [6.45, 7) is 3.72. The number of carbonyl (C=O) groups is 1. The standard InChI is InChI=1S/C7H12N2O/c1-5-6(8-2)3-4-7(10)9-5/h6,8H,1,3-4H2,2H3,(H,9,10). The van der Waals surface area contributed by atoms with Gasteiger partial charge in [0.25, 0.3) is 0 Å². The fraction of sp³-hybridized carbons (Fsp3) is 0.571. The summed E-state index contributed by atoms with van der Waals surface area (Å²) < 4.78 is 0. The third kappa shape index (κ3) is 1.36. The molecule has 2 N–H and O–H groups in total. The highest BCUT2D eigenvalue weighted by atomic mass is 16.1. The van der Waals surface area contributed by atoms with Crippen LogP contribution < -0.4 is 10.6 Å². The van der Waals surface area contributed by atoms with Crippen molar-refractivity contribution in [2.45, 2.75) is 18.9 Å². The molecular formula is C7H12N2O. The number of hydrogen-bond acceptors (Lipinski definition) is 2. The first kappa shape index (κ1) is 7.28. The number of likely N-dealkylation sites (N-methyl/N-ethyl adjacent to an activating group) is 1. The average Bonchev–Trinajstić information content (AvgIpc) is 1.88. The topological polar surface area (TPSA) is 41.1 Å². The van der Waals surface area contributed by atoms with E-state index < -0.39 is 0 Å². The maximum atomic E-state index is 10.7. The van der Waals surface area contributed by atoms with Gasteiger partial charge in [-0.2, -0.15) is 0 Å². The Bertz CT molecular complexity index is 165. The summed E-state index contributed by atoms with van der Waals surface area (Å²) in [6, 6.07) is 0.262. The maximum Gasteiger partial charge on any atom is 0.224 e. The van der Waals surface area contributed by atoms with Gasteiger partial charge in [-0.1, -0.05) is 6.58 Å². The van der Waals surface area contributed by atoms with Crippen molar-refractivity contribution in [2.24, 2.45) is 0 Å². The second-order valence-electron chi connectivity index (χ2n) is 2.45. The molecule has 1 aliphatic heterocycles. The Morgan fingerprint density at radius 2 is 2.50 bits per heavy atom. The zero-order chi connectivity index (χ0) is 7.56. The maximum absolute atomic E-state index is 10.7. The van der Waals surface area contributed by atoms with Crippen LogP contribution in [0, 0.1) is 0 Å². The van der Waals surface area contributed by atoms with Crippen LogP contribution in [0.3, 0.4) is 0 Å². The van der Waals surface area contributed by atoms with Crippen LogP contribution in [-0.2, 0) is 4.79 Å². The fourth-order valence-corrected chi connectivity index (χ4v) is 1.10. The molecule has 0 aromatic rings. The van der Waals surface area contributed by atoms with Crippen molar-refractivity contribution in [1.82, 2.24) is 10.6 Å². The molecule has 3 heteroatoms. The van der Waals surface area contributed by atoms with E-state index in [9.17, 15) is 4.79 Å². The summed E-state index contributed by atoms with van der Waals surface area (Å²) in [7, 11) is 1.87. The van der Waals surface area contributed by atoms with Gasteiger partial charge < -0.3 is 10.6 Å². The van der Waals surface area contributed by atoms with Crippen LogP contribution in [0.4, 0.5) is 0 Å². The number of piperidine rings is 1. The van der Waals surface area contributed by atoms with Crippen LogP contribution in [0.2, 0.25) is 0 Å². The van der Waals surface area contributed by atoms with Gasteiger partial charge >= 0.3 is 0 Å². The van der Waals surface area contributed by atoms with E-state index in [-0.39, 0.29) is 11.9 Å².